The second kappa shape index (κ2) is 3.96. The second-order valence-corrected chi connectivity index (χ2v) is 3.95. The van der Waals surface area contributed by atoms with Crippen LogP contribution >= 0.6 is 0 Å². The Morgan fingerprint density at radius 2 is 1.93 bits per heavy atom. The highest BCUT2D eigenvalue weighted by Gasteiger charge is 2.27. The zero-order valence-electron chi connectivity index (χ0n) is 8.50. The molecule has 1 aromatic carbocycles. The molecule has 3 heteroatoms. The fourth-order valence-corrected chi connectivity index (χ4v) is 1.26. The van der Waals surface area contributed by atoms with Gasteiger partial charge in [-0.2, -0.15) is 0 Å². The molecule has 0 aromatic heterocycles. The maximum absolute atomic E-state index is 12.6. The normalized spacial score (nSPS) is 17.4. The summed E-state index contributed by atoms with van der Waals surface area (Å²) in [5, 5.41) is 9.09. The molecule has 1 aromatic rings. The molecular formula is C11H16FNO. The topological polar surface area (TPSA) is 46.2 Å². The SMILES string of the molecule is C[C@H](c1ccc(O)cc1)[C@@](C)(N)CF. The molecule has 1 rings (SSSR count). The van der Waals surface area contributed by atoms with Crippen LogP contribution in [0.3, 0.4) is 0 Å². The molecule has 0 heterocycles. The Kier molecular flexibility index (Phi) is 3.11. The van der Waals surface area contributed by atoms with Gasteiger partial charge in [0.25, 0.3) is 0 Å². The van der Waals surface area contributed by atoms with E-state index in [4.69, 9.17) is 10.8 Å². The molecule has 0 aliphatic rings. The first-order valence-corrected chi connectivity index (χ1v) is 4.61. The molecule has 14 heavy (non-hydrogen) atoms. The molecule has 0 fully saturated rings. The molecular weight excluding hydrogens is 181 g/mol. The molecule has 0 radical (unpaired) electrons. The van der Waals surface area contributed by atoms with Gasteiger partial charge in [-0.15, -0.1) is 0 Å². The van der Waals surface area contributed by atoms with Crippen LogP contribution in [0.2, 0.25) is 0 Å². The summed E-state index contributed by atoms with van der Waals surface area (Å²) in [6.45, 7) is 3.01. The van der Waals surface area contributed by atoms with Crippen molar-refractivity contribution >= 4 is 0 Å². The number of nitrogens with two attached hydrogens (primary N) is 1. The number of benzene rings is 1. The molecule has 0 aliphatic heterocycles. The maximum atomic E-state index is 12.6. The Balaban J connectivity index is 2.89. The van der Waals surface area contributed by atoms with E-state index >= 15 is 0 Å². The van der Waals surface area contributed by atoms with Gasteiger partial charge >= 0.3 is 0 Å². The number of rotatable bonds is 3. The zero-order valence-corrected chi connectivity index (χ0v) is 8.50. The smallest absolute Gasteiger partial charge is 0.115 e. The Morgan fingerprint density at radius 1 is 1.43 bits per heavy atom. The van der Waals surface area contributed by atoms with Crippen molar-refractivity contribution in [2.45, 2.75) is 25.3 Å². The van der Waals surface area contributed by atoms with Crippen LogP contribution in [-0.2, 0) is 0 Å². The van der Waals surface area contributed by atoms with Crippen molar-refractivity contribution in [1.29, 1.82) is 0 Å². The Morgan fingerprint density at radius 3 is 2.36 bits per heavy atom. The molecule has 2 atom stereocenters. The highest BCUT2D eigenvalue weighted by atomic mass is 19.1. The number of phenols is 1. The minimum Gasteiger partial charge on any atom is -0.508 e. The fourth-order valence-electron chi connectivity index (χ4n) is 1.26. The zero-order chi connectivity index (χ0) is 10.8. The number of hydrogen-bond acceptors (Lipinski definition) is 2. The van der Waals surface area contributed by atoms with Gasteiger partial charge in [-0.05, 0) is 24.6 Å². The molecule has 0 bridgehead atoms. The van der Waals surface area contributed by atoms with Crippen LogP contribution in [0, 0.1) is 0 Å². The monoisotopic (exact) mass is 197 g/mol. The van der Waals surface area contributed by atoms with Crippen molar-refractivity contribution in [2.75, 3.05) is 6.67 Å². The summed E-state index contributed by atoms with van der Waals surface area (Å²) < 4.78 is 12.6. The third-order valence-electron chi connectivity index (χ3n) is 2.67. The van der Waals surface area contributed by atoms with Crippen LogP contribution in [-0.4, -0.2) is 17.3 Å². The fraction of sp³-hybridized carbons (Fsp3) is 0.455. The van der Waals surface area contributed by atoms with Crippen molar-refractivity contribution in [2.24, 2.45) is 5.73 Å². The second-order valence-electron chi connectivity index (χ2n) is 3.95. The summed E-state index contributed by atoms with van der Waals surface area (Å²) in [5.41, 5.74) is 5.88. The van der Waals surface area contributed by atoms with Crippen LogP contribution in [0.15, 0.2) is 24.3 Å². The highest BCUT2D eigenvalue weighted by molar-refractivity contribution is 5.29. The van der Waals surface area contributed by atoms with E-state index in [0.29, 0.717) is 0 Å². The largest absolute Gasteiger partial charge is 0.508 e. The third-order valence-corrected chi connectivity index (χ3v) is 2.67. The highest BCUT2D eigenvalue weighted by Crippen LogP contribution is 2.27. The molecule has 0 aliphatic carbocycles. The summed E-state index contributed by atoms with van der Waals surface area (Å²) in [4.78, 5) is 0. The van der Waals surface area contributed by atoms with Gasteiger partial charge in [0, 0.05) is 11.5 Å². The van der Waals surface area contributed by atoms with Crippen LogP contribution in [0.5, 0.6) is 5.75 Å². The van der Waals surface area contributed by atoms with E-state index in [2.05, 4.69) is 0 Å². The molecule has 78 valence electrons. The number of halogens is 1. The van der Waals surface area contributed by atoms with Gasteiger partial charge in [-0.1, -0.05) is 19.1 Å². The van der Waals surface area contributed by atoms with Crippen molar-refractivity contribution in [1.82, 2.24) is 0 Å². The van der Waals surface area contributed by atoms with Crippen LogP contribution in [0.1, 0.15) is 25.3 Å². The average Bonchev–Trinajstić information content (AvgIpc) is 2.18. The van der Waals surface area contributed by atoms with E-state index in [9.17, 15) is 4.39 Å². The Hall–Kier alpha value is -1.09. The van der Waals surface area contributed by atoms with Crippen LogP contribution < -0.4 is 5.73 Å². The van der Waals surface area contributed by atoms with E-state index in [-0.39, 0.29) is 11.7 Å². The predicted octanol–water partition coefficient (Wildman–Crippen LogP) is 2.18. The van der Waals surface area contributed by atoms with Crippen molar-refractivity contribution in [3.63, 3.8) is 0 Å². The van der Waals surface area contributed by atoms with Crippen molar-refractivity contribution < 1.29 is 9.50 Å². The maximum Gasteiger partial charge on any atom is 0.115 e. The van der Waals surface area contributed by atoms with Gasteiger partial charge in [0.2, 0.25) is 0 Å². The molecule has 0 amide bonds. The number of phenolic OH excluding ortho intramolecular Hbond substituents is 1. The summed E-state index contributed by atoms with van der Waals surface area (Å²) in [5.74, 6) is 0.132. The van der Waals surface area contributed by atoms with Gasteiger partial charge in [0.15, 0.2) is 0 Å². The third kappa shape index (κ3) is 2.23. The number of aromatic hydroxyl groups is 1. The standard InChI is InChI=1S/C11H16FNO/c1-8(11(2,13)7-12)9-3-5-10(14)6-4-9/h3-6,8,14H,7,13H2,1-2H3/t8-,11+/m1/s1. The lowest BCUT2D eigenvalue weighted by molar-refractivity contribution is 0.290. The molecule has 0 saturated carbocycles. The van der Waals surface area contributed by atoms with E-state index < -0.39 is 12.2 Å². The molecule has 2 nitrogen and oxygen atoms in total. The van der Waals surface area contributed by atoms with Crippen molar-refractivity contribution in [3.8, 4) is 5.75 Å². The van der Waals surface area contributed by atoms with Crippen molar-refractivity contribution in [3.05, 3.63) is 29.8 Å². The average molecular weight is 197 g/mol. The van der Waals surface area contributed by atoms with E-state index in [1.54, 1.807) is 31.2 Å². The van der Waals surface area contributed by atoms with E-state index in [1.807, 2.05) is 6.92 Å². The first-order valence-electron chi connectivity index (χ1n) is 4.61. The minimum absolute atomic E-state index is 0.0758. The van der Waals surface area contributed by atoms with Crippen LogP contribution in [0.25, 0.3) is 0 Å². The predicted molar refractivity (Wildman–Crippen MR) is 55.1 cm³/mol. The van der Waals surface area contributed by atoms with Gasteiger partial charge in [0.1, 0.15) is 12.4 Å². The van der Waals surface area contributed by atoms with E-state index in [0.717, 1.165) is 5.56 Å². The quantitative estimate of drug-likeness (QED) is 0.780. The minimum atomic E-state index is -0.850. The van der Waals surface area contributed by atoms with Gasteiger partial charge in [-0.25, -0.2) is 4.39 Å². The molecule has 0 saturated heterocycles. The lowest BCUT2D eigenvalue weighted by Gasteiger charge is -2.28. The first-order chi connectivity index (χ1) is 6.47. The lowest BCUT2D eigenvalue weighted by Crippen LogP contribution is -2.43. The Bertz CT molecular complexity index is 295. The Labute approximate surface area is 83.6 Å². The van der Waals surface area contributed by atoms with Gasteiger partial charge in [-0.3, -0.25) is 0 Å². The number of alkyl halides is 1. The molecule has 0 spiro atoms. The summed E-state index contributed by atoms with van der Waals surface area (Å²) in [6, 6.07) is 6.70. The first kappa shape index (κ1) is 11.0. The lowest BCUT2D eigenvalue weighted by atomic mass is 9.84. The molecule has 3 N–H and O–H groups in total. The summed E-state index contributed by atoms with van der Waals surface area (Å²) in [6.07, 6.45) is 0. The van der Waals surface area contributed by atoms with E-state index in [1.165, 1.54) is 0 Å². The molecule has 0 unspecified atom stereocenters. The van der Waals surface area contributed by atoms with Gasteiger partial charge in [0.05, 0.1) is 0 Å². The summed E-state index contributed by atoms with van der Waals surface area (Å²) >= 11 is 0. The number of hydrogen-bond donors (Lipinski definition) is 2. The van der Waals surface area contributed by atoms with Gasteiger partial charge < -0.3 is 10.8 Å². The van der Waals surface area contributed by atoms with Crippen LogP contribution in [0.4, 0.5) is 4.39 Å². The summed E-state index contributed by atoms with van der Waals surface area (Å²) in [7, 11) is 0.